The fourth-order valence-electron chi connectivity index (χ4n) is 1.61. The van der Waals surface area contributed by atoms with Gasteiger partial charge in [-0.25, -0.2) is 0 Å². The topological polar surface area (TPSA) is 26.0 Å². The van der Waals surface area contributed by atoms with Crippen molar-refractivity contribution in [2.24, 2.45) is 0 Å². The lowest BCUT2D eigenvalue weighted by atomic mass is 9.95. The number of nitrogen functional groups attached to an aromatic ring is 1. The fourth-order valence-corrected chi connectivity index (χ4v) is 2.50. The molecule has 1 aromatic heterocycles. The first-order chi connectivity index (χ1) is 5.29. The number of thiophene rings is 1. The number of hydrogen-bond donors (Lipinski definition) is 1. The van der Waals surface area contributed by atoms with Gasteiger partial charge in [-0.15, -0.1) is 0 Å². The molecule has 1 aliphatic carbocycles. The van der Waals surface area contributed by atoms with Gasteiger partial charge in [0, 0.05) is 5.56 Å². The number of nitrogens with two attached hydrogens (primary N) is 1. The predicted octanol–water partition coefficient (Wildman–Crippen LogP) is 2.35. The Balaban J connectivity index is 2.52. The van der Waals surface area contributed by atoms with Gasteiger partial charge in [-0.1, -0.05) is 11.3 Å². The minimum atomic E-state index is -0.0581. The molecule has 1 nitrogen and oxygen atoms in total. The first kappa shape index (κ1) is 7.10. The van der Waals surface area contributed by atoms with Crippen LogP contribution in [0.1, 0.15) is 24.0 Å². The molecule has 0 fully saturated rings. The third-order valence-electron chi connectivity index (χ3n) is 2.20. The van der Waals surface area contributed by atoms with Gasteiger partial charge in [-0.05, 0) is 31.2 Å². The van der Waals surface area contributed by atoms with E-state index in [4.69, 9.17) is 5.73 Å². The molecule has 0 aromatic carbocycles. The van der Waals surface area contributed by atoms with Gasteiger partial charge in [0.2, 0.25) is 0 Å². The van der Waals surface area contributed by atoms with Crippen molar-refractivity contribution in [1.82, 2.24) is 0 Å². The molecule has 0 bridgehead atoms. The summed E-state index contributed by atoms with van der Waals surface area (Å²) in [6, 6.07) is 0. The highest BCUT2D eigenvalue weighted by Crippen LogP contribution is 2.34. The van der Waals surface area contributed by atoms with Crippen molar-refractivity contribution >= 4 is 16.3 Å². The van der Waals surface area contributed by atoms with Crippen LogP contribution in [0.3, 0.4) is 0 Å². The summed E-state index contributed by atoms with van der Waals surface area (Å²) in [5.41, 5.74) is 7.61. The van der Waals surface area contributed by atoms with E-state index in [1.165, 1.54) is 0 Å². The largest absolute Gasteiger partial charge is 0.390 e. The molecule has 60 valence electrons. The Morgan fingerprint density at radius 1 is 1.18 bits per heavy atom. The molecule has 0 radical (unpaired) electrons. The molecule has 0 unspecified atom stereocenters. The van der Waals surface area contributed by atoms with E-state index in [1.54, 1.807) is 0 Å². The highest BCUT2D eigenvalue weighted by Gasteiger charge is 2.18. The average molecular weight is 171 g/mol. The lowest BCUT2D eigenvalue weighted by Gasteiger charge is -2.10. The average Bonchev–Trinajstić information content (AvgIpc) is 2.30. The molecule has 1 aliphatic rings. The van der Waals surface area contributed by atoms with E-state index in [0.717, 1.165) is 48.1 Å². The minimum Gasteiger partial charge on any atom is -0.390 e. The first-order valence-corrected chi connectivity index (χ1v) is 4.66. The molecule has 1 aromatic rings. The molecule has 2 N–H and O–H groups in total. The van der Waals surface area contributed by atoms with Gasteiger partial charge in [-0.3, -0.25) is 0 Å². The van der Waals surface area contributed by atoms with Gasteiger partial charge in [0.1, 0.15) is 0 Å². The van der Waals surface area contributed by atoms with E-state index in [9.17, 15) is 4.39 Å². The third-order valence-corrected chi connectivity index (χ3v) is 3.09. The second-order valence-electron chi connectivity index (χ2n) is 2.90. The maximum Gasteiger partial charge on any atom is 0.181 e. The van der Waals surface area contributed by atoms with Crippen molar-refractivity contribution in [3.63, 3.8) is 0 Å². The van der Waals surface area contributed by atoms with Crippen molar-refractivity contribution < 1.29 is 4.39 Å². The Morgan fingerprint density at radius 2 is 1.82 bits per heavy atom. The molecular weight excluding hydrogens is 161 g/mol. The van der Waals surface area contributed by atoms with Crippen molar-refractivity contribution in [3.8, 4) is 0 Å². The molecule has 1 heterocycles. The summed E-state index contributed by atoms with van der Waals surface area (Å²) >= 11 is 1.10. The highest BCUT2D eigenvalue weighted by molar-refractivity contribution is 7.14. The molecule has 0 spiro atoms. The first-order valence-electron chi connectivity index (χ1n) is 3.84. The van der Waals surface area contributed by atoms with Crippen molar-refractivity contribution in [1.29, 1.82) is 0 Å². The Bertz CT molecular complexity index is 253. The van der Waals surface area contributed by atoms with Crippen LogP contribution in [0, 0.1) is 5.13 Å². The van der Waals surface area contributed by atoms with Gasteiger partial charge in [0.05, 0.1) is 5.00 Å². The van der Waals surface area contributed by atoms with Gasteiger partial charge in [0.15, 0.2) is 5.13 Å². The Labute approximate surface area is 69.0 Å². The van der Waals surface area contributed by atoms with Crippen LogP contribution in [0.5, 0.6) is 0 Å². The molecule has 3 heteroatoms. The standard InChI is InChI=1S/C8H10FNS/c9-7-5-3-1-2-4-6(5)8(10)11-7/h1-4,10H2. The van der Waals surface area contributed by atoms with Crippen molar-refractivity contribution in [2.75, 3.05) is 5.73 Å². The molecular formula is C8H10FNS. The van der Waals surface area contributed by atoms with Crippen LogP contribution in [-0.2, 0) is 12.8 Å². The molecule has 0 amide bonds. The number of halogens is 1. The Kier molecular flexibility index (Phi) is 1.60. The molecule has 0 saturated heterocycles. The van der Waals surface area contributed by atoms with Crippen LogP contribution in [-0.4, -0.2) is 0 Å². The van der Waals surface area contributed by atoms with Crippen molar-refractivity contribution in [3.05, 3.63) is 16.3 Å². The van der Waals surface area contributed by atoms with Crippen LogP contribution in [0.4, 0.5) is 9.39 Å². The third kappa shape index (κ3) is 1.03. The minimum absolute atomic E-state index is 0.0581. The number of hydrogen-bond acceptors (Lipinski definition) is 2. The maximum absolute atomic E-state index is 13.0. The van der Waals surface area contributed by atoms with Gasteiger partial charge >= 0.3 is 0 Å². The molecule has 0 aliphatic heterocycles. The Morgan fingerprint density at radius 3 is 2.45 bits per heavy atom. The molecule has 2 rings (SSSR count). The van der Waals surface area contributed by atoms with Gasteiger partial charge < -0.3 is 5.73 Å². The van der Waals surface area contributed by atoms with Crippen molar-refractivity contribution in [2.45, 2.75) is 25.7 Å². The summed E-state index contributed by atoms with van der Waals surface area (Å²) in [5.74, 6) is 0. The SMILES string of the molecule is Nc1sc(F)c2c1CCCC2. The molecule has 0 atom stereocenters. The summed E-state index contributed by atoms with van der Waals surface area (Å²) in [4.78, 5) is 0. The van der Waals surface area contributed by atoms with E-state index in [1.807, 2.05) is 0 Å². The normalized spacial score (nSPS) is 16.5. The van der Waals surface area contributed by atoms with Gasteiger partial charge in [0.25, 0.3) is 0 Å². The van der Waals surface area contributed by atoms with Gasteiger partial charge in [-0.2, -0.15) is 4.39 Å². The lowest BCUT2D eigenvalue weighted by molar-refractivity contribution is 0.606. The predicted molar refractivity (Wildman–Crippen MR) is 45.3 cm³/mol. The number of anilines is 1. The van der Waals surface area contributed by atoms with Crippen LogP contribution >= 0.6 is 11.3 Å². The smallest absolute Gasteiger partial charge is 0.181 e. The summed E-state index contributed by atoms with van der Waals surface area (Å²) in [6.07, 6.45) is 4.13. The van der Waals surface area contributed by atoms with Crippen LogP contribution in [0.15, 0.2) is 0 Å². The lowest BCUT2D eigenvalue weighted by Crippen LogP contribution is -2.02. The zero-order chi connectivity index (χ0) is 7.84. The van der Waals surface area contributed by atoms with E-state index in [0.29, 0.717) is 5.00 Å². The number of fused-ring (bicyclic) bond motifs is 1. The monoisotopic (exact) mass is 171 g/mol. The van der Waals surface area contributed by atoms with E-state index < -0.39 is 0 Å². The summed E-state index contributed by atoms with van der Waals surface area (Å²) in [7, 11) is 0. The summed E-state index contributed by atoms with van der Waals surface area (Å²) in [6.45, 7) is 0. The van der Waals surface area contributed by atoms with Crippen LogP contribution in [0.25, 0.3) is 0 Å². The quantitative estimate of drug-likeness (QED) is 0.637. The van der Waals surface area contributed by atoms with E-state index in [2.05, 4.69) is 0 Å². The zero-order valence-corrected chi connectivity index (χ0v) is 7.01. The fraction of sp³-hybridized carbons (Fsp3) is 0.500. The zero-order valence-electron chi connectivity index (χ0n) is 6.19. The van der Waals surface area contributed by atoms with Crippen LogP contribution in [0.2, 0.25) is 0 Å². The summed E-state index contributed by atoms with van der Waals surface area (Å²) < 4.78 is 13.0. The second-order valence-corrected chi connectivity index (χ2v) is 3.91. The molecule has 0 saturated carbocycles. The molecule has 11 heavy (non-hydrogen) atoms. The second kappa shape index (κ2) is 2.48. The van der Waals surface area contributed by atoms with E-state index in [-0.39, 0.29) is 5.13 Å². The van der Waals surface area contributed by atoms with E-state index >= 15 is 0 Å². The Hall–Kier alpha value is -0.570. The van der Waals surface area contributed by atoms with Crippen LogP contribution < -0.4 is 5.73 Å². The highest BCUT2D eigenvalue weighted by atomic mass is 32.1. The summed E-state index contributed by atoms with van der Waals surface area (Å²) in [5, 5.41) is 0.634. The maximum atomic E-state index is 13.0. The number of rotatable bonds is 0.